The molecule has 0 saturated heterocycles. The van der Waals surface area contributed by atoms with Crippen LogP contribution in [0.3, 0.4) is 0 Å². The van der Waals surface area contributed by atoms with Gasteiger partial charge in [-0.25, -0.2) is 14.3 Å². The van der Waals surface area contributed by atoms with Crippen molar-refractivity contribution in [1.29, 1.82) is 0 Å². The maximum atomic E-state index is 12.6. The first-order valence-corrected chi connectivity index (χ1v) is 8.34. The number of carbonyl (C=O) groups excluding carboxylic acids is 1. The van der Waals surface area contributed by atoms with Gasteiger partial charge in [-0.1, -0.05) is 39.3 Å². The number of nitrogens with zero attached hydrogens (tertiary/aromatic N) is 5. The van der Waals surface area contributed by atoms with Crippen LogP contribution >= 0.6 is 15.9 Å². The normalized spacial score (nSPS) is 11.0. The Hall–Kier alpha value is -3.00. The largest absolute Gasteiger partial charge is 0.292 e. The lowest BCUT2D eigenvalue weighted by molar-refractivity contribution is 0.100. The molecule has 0 unspecified atom stereocenters. The fourth-order valence-corrected chi connectivity index (χ4v) is 2.99. The van der Waals surface area contributed by atoms with Gasteiger partial charge < -0.3 is 0 Å². The number of carbonyl (C=O) groups is 1. The average molecular weight is 397 g/mol. The van der Waals surface area contributed by atoms with E-state index in [0.717, 1.165) is 21.2 Å². The van der Waals surface area contributed by atoms with Crippen molar-refractivity contribution in [2.45, 2.75) is 6.92 Å². The second kappa shape index (κ2) is 6.14. The molecule has 0 fully saturated rings. The summed E-state index contributed by atoms with van der Waals surface area (Å²) in [5.74, 6) is -0.345. The lowest BCUT2D eigenvalue weighted by Crippen LogP contribution is -2.23. The minimum Gasteiger partial charge on any atom is -0.265 e. The molecule has 124 valence electrons. The van der Waals surface area contributed by atoms with Crippen LogP contribution in [0.5, 0.6) is 0 Å². The second-order valence-corrected chi connectivity index (χ2v) is 6.38. The van der Waals surface area contributed by atoms with E-state index >= 15 is 0 Å². The summed E-state index contributed by atoms with van der Waals surface area (Å²) in [6, 6.07) is 15.2. The molecule has 25 heavy (non-hydrogen) atoms. The quantitative estimate of drug-likeness (QED) is 0.577. The van der Waals surface area contributed by atoms with Crippen LogP contribution in [-0.4, -0.2) is 30.6 Å². The van der Waals surface area contributed by atoms with Gasteiger partial charge in [-0.15, -0.1) is 5.10 Å². The van der Waals surface area contributed by atoms with Crippen LogP contribution in [-0.2, 0) is 0 Å². The van der Waals surface area contributed by atoms with E-state index in [9.17, 15) is 4.79 Å². The molecule has 0 atom stereocenters. The van der Waals surface area contributed by atoms with Crippen molar-refractivity contribution >= 4 is 32.9 Å². The summed E-state index contributed by atoms with van der Waals surface area (Å²) in [6.07, 6.45) is 1.57. The van der Waals surface area contributed by atoms with Gasteiger partial charge in [-0.3, -0.25) is 10.2 Å². The number of hydrogen-bond acceptors (Lipinski definition) is 4. The Morgan fingerprint density at radius 2 is 2.00 bits per heavy atom. The van der Waals surface area contributed by atoms with Gasteiger partial charge >= 0.3 is 0 Å². The fraction of sp³-hybridized carbons (Fsp3) is 0.0588. The smallest absolute Gasteiger partial charge is 0.265 e. The molecule has 0 aliphatic carbocycles. The first-order valence-electron chi connectivity index (χ1n) is 7.55. The molecule has 2 aromatic carbocycles. The number of halogens is 1. The van der Waals surface area contributed by atoms with Crippen LogP contribution in [0.2, 0.25) is 0 Å². The van der Waals surface area contributed by atoms with Crippen LogP contribution in [0.25, 0.3) is 16.7 Å². The lowest BCUT2D eigenvalue weighted by Gasteiger charge is -2.06. The molecule has 0 bridgehead atoms. The average Bonchev–Trinajstić information content (AvgIpc) is 3.19. The number of para-hydroxylation sites is 2. The number of rotatable bonds is 3. The van der Waals surface area contributed by atoms with Crippen molar-refractivity contribution < 1.29 is 4.79 Å². The van der Waals surface area contributed by atoms with Gasteiger partial charge in [0.15, 0.2) is 5.69 Å². The Balaban J connectivity index is 1.65. The molecule has 0 saturated carbocycles. The molecule has 0 aliphatic heterocycles. The molecule has 8 heteroatoms. The Kier molecular flexibility index (Phi) is 3.81. The summed E-state index contributed by atoms with van der Waals surface area (Å²) in [5.41, 5.74) is 6.14. The van der Waals surface area contributed by atoms with Gasteiger partial charge in [-0.2, -0.15) is 0 Å². The SMILES string of the molecule is Cc1c(C(=O)Nn2cnc3ccccc32)nnn1-c1cccc(Br)c1. The van der Waals surface area contributed by atoms with Crippen LogP contribution < -0.4 is 5.43 Å². The highest BCUT2D eigenvalue weighted by molar-refractivity contribution is 9.10. The number of hydrogen-bond donors (Lipinski definition) is 1. The van der Waals surface area contributed by atoms with E-state index in [1.165, 1.54) is 0 Å². The summed E-state index contributed by atoms with van der Waals surface area (Å²) in [4.78, 5) is 16.9. The number of benzene rings is 2. The van der Waals surface area contributed by atoms with Crippen LogP contribution in [0.1, 0.15) is 16.2 Å². The van der Waals surface area contributed by atoms with E-state index in [4.69, 9.17) is 0 Å². The third-order valence-corrected chi connectivity index (χ3v) is 4.33. The van der Waals surface area contributed by atoms with Gasteiger partial charge in [0.05, 0.1) is 22.4 Å². The van der Waals surface area contributed by atoms with Gasteiger partial charge in [0.1, 0.15) is 6.33 Å². The molecule has 2 aromatic heterocycles. The summed E-state index contributed by atoms with van der Waals surface area (Å²) in [7, 11) is 0. The summed E-state index contributed by atoms with van der Waals surface area (Å²) in [6.45, 7) is 1.81. The zero-order valence-corrected chi connectivity index (χ0v) is 14.8. The van der Waals surface area contributed by atoms with Crippen molar-refractivity contribution in [3.05, 3.63) is 70.7 Å². The summed E-state index contributed by atoms with van der Waals surface area (Å²) in [5, 5.41) is 8.13. The monoisotopic (exact) mass is 396 g/mol. The Morgan fingerprint density at radius 1 is 1.16 bits per heavy atom. The van der Waals surface area contributed by atoms with E-state index in [0.29, 0.717) is 5.69 Å². The Bertz CT molecular complexity index is 1080. The van der Waals surface area contributed by atoms with Crippen LogP contribution in [0.4, 0.5) is 0 Å². The molecular weight excluding hydrogens is 384 g/mol. The molecule has 1 amide bonds. The summed E-state index contributed by atoms with van der Waals surface area (Å²) < 4.78 is 4.14. The van der Waals surface area contributed by atoms with E-state index in [-0.39, 0.29) is 11.6 Å². The van der Waals surface area contributed by atoms with E-state index in [2.05, 4.69) is 36.7 Å². The molecule has 0 spiro atoms. The zero-order valence-electron chi connectivity index (χ0n) is 13.2. The second-order valence-electron chi connectivity index (χ2n) is 5.46. The van der Waals surface area contributed by atoms with E-state index < -0.39 is 0 Å². The van der Waals surface area contributed by atoms with Crippen molar-refractivity contribution in [2.75, 3.05) is 5.43 Å². The molecule has 1 N–H and O–H groups in total. The molecule has 0 aliphatic rings. The zero-order chi connectivity index (χ0) is 17.4. The minimum atomic E-state index is -0.345. The first-order chi connectivity index (χ1) is 12.1. The third-order valence-electron chi connectivity index (χ3n) is 3.84. The van der Waals surface area contributed by atoms with Crippen molar-refractivity contribution in [3.8, 4) is 5.69 Å². The summed E-state index contributed by atoms with van der Waals surface area (Å²) >= 11 is 3.43. The molecule has 0 radical (unpaired) electrons. The van der Waals surface area contributed by atoms with Crippen molar-refractivity contribution in [2.24, 2.45) is 0 Å². The predicted molar refractivity (Wildman–Crippen MR) is 97.2 cm³/mol. The molecule has 4 aromatic rings. The Labute approximate surface area is 151 Å². The minimum absolute atomic E-state index is 0.262. The van der Waals surface area contributed by atoms with Gasteiger partial charge in [0.2, 0.25) is 0 Å². The predicted octanol–water partition coefficient (Wildman–Crippen LogP) is 3.07. The molecule has 2 heterocycles. The highest BCUT2D eigenvalue weighted by Gasteiger charge is 2.18. The Morgan fingerprint density at radius 3 is 2.84 bits per heavy atom. The number of fused-ring (bicyclic) bond motifs is 1. The van der Waals surface area contributed by atoms with E-state index in [1.54, 1.807) is 15.7 Å². The topological polar surface area (TPSA) is 77.6 Å². The van der Waals surface area contributed by atoms with Gasteiger partial charge in [0.25, 0.3) is 5.91 Å². The molecular formula is C17H13BrN6O. The number of amides is 1. The van der Waals surface area contributed by atoms with Gasteiger partial charge in [0, 0.05) is 4.47 Å². The van der Waals surface area contributed by atoms with E-state index in [1.807, 2.05) is 55.5 Å². The van der Waals surface area contributed by atoms with Gasteiger partial charge in [-0.05, 0) is 37.3 Å². The highest BCUT2D eigenvalue weighted by atomic mass is 79.9. The maximum Gasteiger partial charge on any atom is 0.292 e. The third kappa shape index (κ3) is 2.80. The number of nitrogens with one attached hydrogen (secondary N) is 1. The molecule has 4 rings (SSSR count). The lowest BCUT2D eigenvalue weighted by atomic mass is 10.3. The fourth-order valence-electron chi connectivity index (χ4n) is 2.60. The number of aromatic nitrogens is 5. The maximum absolute atomic E-state index is 12.6. The van der Waals surface area contributed by atoms with Crippen LogP contribution in [0.15, 0.2) is 59.3 Å². The number of imidazole rings is 1. The van der Waals surface area contributed by atoms with Crippen molar-refractivity contribution in [3.63, 3.8) is 0 Å². The highest BCUT2D eigenvalue weighted by Crippen LogP contribution is 2.17. The van der Waals surface area contributed by atoms with Crippen LogP contribution in [0, 0.1) is 6.92 Å². The standard InChI is InChI=1S/C17H13BrN6O/c1-11-16(20-22-24(11)13-6-4-5-12(18)9-13)17(25)21-23-10-19-14-7-2-3-8-15(14)23/h2-10H,1H3,(H,21,25). The van der Waals surface area contributed by atoms with Crippen molar-refractivity contribution in [1.82, 2.24) is 24.7 Å². The first kappa shape index (κ1) is 15.5. The molecule has 7 nitrogen and oxygen atoms in total.